The Bertz CT molecular complexity index is 738. The van der Waals surface area contributed by atoms with E-state index in [2.05, 4.69) is 15.6 Å². The van der Waals surface area contributed by atoms with Gasteiger partial charge in [-0.3, -0.25) is 20.4 Å². The van der Waals surface area contributed by atoms with Gasteiger partial charge < -0.3 is 9.47 Å². The van der Waals surface area contributed by atoms with Crippen molar-refractivity contribution in [3.63, 3.8) is 0 Å². The van der Waals surface area contributed by atoms with Crippen LogP contribution in [0.25, 0.3) is 0 Å². The number of benzene rings is 2. The second-order valence-electron chi connectivity index (χ2n) is 4.65. The Morgan fingerprint density at radius 1 is 1.00 bits per heavy atom. The highest BCUT2D eigenvalue weighted by molar-refractivity contribution is 5.95. The first kappa shape index (κ1) is 18.1. The molecule has 0 unspecified atom stereocenters. The molecule has 0 aliphatic carbocycles. The molecule has 25 heavy (non-hydrogen) atoms. The molecule has 2 rings (SSSR count). The van der Waals surface area contributed by atoms with Crippen LogP contribution in [0.2, 0.25) is 0 Å². The highest BCUT2D eigenvalue weighted by Gasteiger charge is 2.10. The van der Waals surface area contributed by atoms with Crippen LogP contribution in [0.1, 0.15) is 10.4 Å². The first-order valence-electron chi connectivity index (χ1n) is 6.96. The van der Waals surface area contributed by atoms with Crippen molar-refractivity contribution in [1.82, 2.24) is 10.9 Å². The molecule has 0 heterocycles. The highest BCUT2D eigenvalue weighted by atomic mass is 19.3. The molecule has 0 atom stereocenters. The van der Waals surface area contributed by atoms with Crippen molar-refractivity contribution in [3.8, 4) is 11.5 Å². The molecule has 2 aromatic carbocycles. The number of hydrogen-bond acceptors (Lipinski definition) is 4. The van der Waals surface area contributed by atoms with Gasteiger partial charge in [0, 0.05) is 11.6 Å². The third-order valence-electron chi connectivity index (χ3n) is 2.82. The average molecular weight is 354 g/mol. The van der Waals surface area contributed by atoms with Crippen LogP contribution >= 0.6 is 0 Å². The van der Waals surface area contributed by atoms with Crippen LogP contribution in [0, 0.1) is 5.82 Å². The second kappa shape index (κ2) is 8.57. The number of hydrogen-bond donors (Lipinski definition) is 2. The van der Waals surface area contributed by atoms with Crippen molar-refractivity contribution < 1.29 is 32.2 Å². The number of alkyl halides is 2. The molecule has 0 radical (unpaired) electrons. The molecule has 0 aliphatic rings. The first-order chi connectivity index (χ1) is 11.9. The molecule has 0 bridgehead atoms. The van der Waals surface area contributed by atoms with Crippen LogP contribution in [0.4, 0.5) is 13.2 Å². The normalized spacial score (nSPS) is 10.2. The molecular formula is C16H13F3N2O4. The SMILES string of the molecule is O=C(COc1cccc(F)c1)NNC(=O)c1ccc(OC(F)F)cc1. The lowest BCUT2D eigenvalue weighted by Gasteiger charge is -2.09. The van der Waals surface area contributed by atoms with Gasteiger partial charge in [0.25, 0.3) is 11.8 Å². The smallest absolute Gasteiger partial charge is 0.387 e. The van der Waals surface area contributed by atoms with Gasteiger partial charge in [-0.25, -0.2) is 4.39 Å². The highest BCUT2D eigenvalue weighted by Crippen LogP contribution is 2.14. The third kappa shape index (κ3) is 6.05. The van der Waals surface area contributed by atoms with E-state index in [0.717, 1.165) is 6.07 Å². The quantitative estimate of drug-likeness (QED) is 0.781. The zero-order chi connectivity index (χ0) is 18.2. The van der Waals surface area contributed by atoms with Crippen molar-refractivity contribution >= 4 is 11.8 Å². The molecule has 2 aromatic rings. The van der Waals surface area contributed by atoms with E-state index in [4.69, 9.17) is 4.74 Å². The topological polar surface area (TPSA) is 76.7 Å². The number of hydrazine groups is 1. The Morgan fingerprint density at radius 2 is 1.72 bits per heavy atom. The lowest BCUT2D eigenvalue weighted by Crippen LogP contribution is -2.43. The molecule has 132 valence electrons. The van der Waals surface area contributed by atoms with Gasteiger partial charge in [0.2, 0.25) is 0 Å². The molecule has 0 spiro atoms. The Hall–Kier alpha value is -3.23. The molecule has 9 heteroatoms. The largest absolute Gasteiger partial charge is 0.484 e. The number of carbonyl (C=O) groups excluding carboxylic acids is 2. The molecule has 6 nitrogen and oxygen atoms in total. The molecule has 0 aliphatic heterocycles. The molecule has 0 saturated carbocycles. The van der Waals surface area contributed by atoms with E-state index in [1.165, 1.54) is 42.5 Å². The van der Waals surface area contributed by atoms with Crippen LogP contribution in [0.15, 0.2) is 48.5 Å². The molecule has 2 N–H and O–H groups in total. The van der Waals surface area contributed by atoms with E-state index in [1.54, 1.807) is 0 Å². The number of halogens is 3. The van der Waals surface area contributed by atoms with Crippen LogP contribution in [-0.2, 0) is 4.79 Å². The van der Waals surface area contributed by atoms with E-state index in [1.807, 2.05) is 0 Å². The summed E-state index contributed by atoms with van der Waals surface area (Å²) in [5.41, 5.74) is 4.35. The van der Waals surface area contributed by atoms with E-state index < -0.39 is 30.8 Å². The Morgan fingerprint density at radius 3 is 2.36 bits per heavy atom. The third-order valence-corrected chi connectivity index (χ3v) is 2.82. The van der Waals surface area contributed by atoms with Crippen molar-refractivity contribution in [1.29, 1.82) is 0 Å². The summed E-state index contributed by atoms with van der Waals surface area (Å²) in [6.07, 6.45) is 0. The van der Waals surface area contributed by atoms with Crippen LogP contribution in [-0.4, -0.2) is 25.0 Å². The monoisotopic (exact) mass is 354 g/mol. The molecule has 0 saturated heterocycles. The zero-order valence-corrected chi connectivity index (χ0v) is 12.7. The summed E-state index contributed by atoms with van der Waals surface area (Å²) in [6.45, 7) is -3.40. The summed E-state index contributed by atoms with van der Waals surface area (Å²) >= 11 is 0. The number of nitrogens with one attached hydrogen (secondary N) is 2. The van der Waals surface area contributed by atoms with Gasteiger partial charge in [0.1, 0.15) is 17.3 Å². The predicted molar refractivity (Wildman–Crippen MR) is 80.6 cm³/mol. The minimum Gasteiger partial charge on any atom is -0.484 e. The maximum absolute atomic E-state index is 12.9. The van der Waals surface area contributed by atoms with Crippen molar-refractivity contribution in [3.05, 3.63) is 59.9 Å². The van der Waals surface area contributed by atoms with Gasteiger partial charge in [-0.05, 0) is 36.4 Å². The van der Waals surface area contributed by atoms with E-state index in [-0.39, 0.29) is 17.1 Å². The van der Waals surface area contributed by atoms with Crippen molar-refractivity contribution in [2.75, 3.05) is 6.61 Å². The fraction of sp³-hybridized carbons (Fsp3) is 0.125. The van der Waals surface area contributed by atoms with Crippen molar-refractivity contribution in [2.24, 2.45) is 0 Å². The Balaban J connectivity index is 1.78. The first-order valence-corrected chi connectivity index (χ1v) is 6.96. The summed E-state index contributed by atoms with van der Waals surface area (Å²) < 4.78 is 46.2. The summed E-state index contributed by atoms with van der Waals surface area (Å²) in [5.74, 6) is -1.78. The number of ether oxygens (including phenoxy) is 2. The number of amides is 2. The van der Waals surface area contributed by atoms with Crippen LogP contribution < -0.4 is 20.3 Å². The summed E-state index contributed by atoms with van der Waals surface area (Å²) in [4.78, 5) is 23.4. The fourth-order valence-corrected chi connectivity index (χ4v) is 1.73. The van der Waals surface area contributed by atoms with Gasteiger partial charge in [0.15, 0.2) is 6.61 Å². The molecule has 0 aromatic heterocycles. The van der Waals surface area contributed by atoms with Crippen LogP contribution in [0.5, 0.6) is 11.5 Å². The summed E-state index contributed by atoms with van der Waals surface area (Å²) in [7, 11) is 0. The zero-order valence-electron chi connectivity index (χ0n) is 12.7. The van der Waals surface area contributed by atoms with Crippen LogP contribution in [0.3, 0.4) is 0 Å². The Kier molecular flexibility index (Phi) is 6.21. The summed E-state index contributed by atoms with van der Waals surface area (Å²) in [5, 5.41) is 0. The van der Waals surface area contributed by atoms with Gasteiger partial charge in [-0.2, -0.15) is 8.78 Å². The average Bonchev–Trinajstić information content (AvgIpc) is 2.58. The second-order valence-corrected chi connectivity index (χ2v) is 4.65. The maximum atomic E-state index is 12.9. The van der Waals surface area contributed by atoms with Gasteiger partial charge in [0.05, 0.1) is 0 Å². The van der Waals surface area contributed by atoms with E-state index in [9.17, 15) is 22.8 Å². The lowest BCUT2D eigenvalue weighted by atomic mass is 10.2. The Labute approximate surface area is 140 Å². The number of rotatable bonds is 6. The fourth-order valence-electron chi connectivity index (χ4n) is 1.73. The molecule has 2 amide bonds. The molecular weight excluding hydrogens is 341 g/mol. The standard InChI is InChI=1S/C16H13F3N2O4/c17-11-2-1-3-13(8-11)24-9-14(22)20-21-15(23)10-4-6-12(7-5-10)25-16(18)19/h1-8,16H,9H2,(H,20,22)(H,21,23). The lowest BCUT2D eigenvalue weighted by molar-refractivity contribution is -0.123. The minimum atomic E-state index is -2.96. The number of carbonyl (C=O) groups is 2. The predicted octanol–water partition coefficient (Wildman–Crippen LogP) is 2.27. The van der Waals surface area contributed by atoms with Gasteiger partial charge in [-0.15, -0.1) is 0 Å². The maximum Gasteiger partial charge on any atom is 0.387 e. The van der Waals surface area contributed by atoms with Gasteiger partial charge >= 0.3 is 6.61 Å². The van der Waals surface area contributed by atoms with Crippen molar-refractivity contribution in [2.45, 2.75) is 6.61 Å². The van der Waals surface area contributed by atoms with E-state index >= 15 is 0 Å². The van der Waals surface area contributed by atoms with Gasteiger partial charge in [-0.1, -0.05) is 6.07 Å². The molecule has 0 fully saturated rings. The summed E-state index contributed by atoms with van der Waals surface area (Å²) in [6, 6.07) is 10.1. The van der Waals surface area contributed by atoms with E-state index in [0.29, 0.717) is 0 Å². The minimum absolute atomic E-state index is 0.0981.